The van der Waals surface area contributed by atoms with E-state index in [-0.39, 0.29) is 22.9 Å². The number of hydrogen-bond acceptors (Lipinski definition) is 7. The molecule has 9 nitrogen and oxygen atoms in total. The molecule has 5 aromatic rings. The second-order valence-electron chi connectivity index (χ2n) is 9.04. The second-order valence-corrected chi connectivity index (χ2v) is 10.8. The summed E-state index contributed by atoms with van der Waals surface area (Å²) in [6, 6.07) is 18.4. The molecule has 0 radical (unpaired) electrons. The Morgan fingerprint density at radius 3 is 2.44 bits per heavy atom. The van der Waals surface area contributed by atoms with Crippen LogP contribution in [0.25, 0.3) is 22.3 Å². The highest BCUT2D eigenvalue weighted by Gasteiger charge is 2.26. The van der Waals surface area contributed by atoms with Crippen molar-refractivity contribution in [3.05, 3.63) is 102 Å². The summed E-state index contributed by atoms with van der Waals surface area (Å²) in [6.07, 6.45) is 1.59. The van der Waals surface area contributed by atoms with Gasteiger partial charge >= 0.3 is 0 Å². The third kappa shape index (κ3) is 4.80. The molecule has 2 aromatic heterocycles. The van der Waals surface area contributed by atoms with Crippen molar-refractivity contribution in [1.29, 1.82) is 0 Å². The maximum absolute atomic E-state index is 13.7. The molecule has 198 valence electrons. The number of aromatic nitrogens is 4. The van der Waals surface area contributed by atoms with Crippen LogP contribution in [-0.4, -0.2) is 46.2 Å². The molecule has 0 saturated carbocycles. The number of nitrogens with one attached hydrogen (secondary N) is 1. The van der Waals surface area contributed by atoms with Gasteiger partial charge in [-0.2, -0.15) is 0 Å². The minimum atomic E-state index is -3.43. The van der Waals surface area contributed by atoms with E-state index in [0.29, 0.717) is 41.5 Å². The molecule has 1 aliphatic heterocycles. The van der Waals surface area contributed by atoms with Gasteiger partial charge in [-0.05, 0) is 48.5 Å². The van der Waals surface area contributed by atoms with Crippen LogP contribution < -0.4 is 4.72 Å². The summed E-state index contributed by atoms with van der Waals surface area (Å²) in [6.45, 7) is 0.892. The SMILES string of the molecule is O=C(c1ccc(NS(O)(O)c2cccc3cccnc23)cc1)N1CCn2c(nnc2-c2cc(F)cc(F)c2)C1. The lowest BCUT2D eigenvalue weighted by atomic mass is 10.1. The van der Waals surface area contributed by atoms with Crippen molar-refractivity contribution in [2.75, 3.05) is 11.3 Å². The summed E-state index contributed by atoms with van der Waals surface area (Å²) in [7, 11) is -3.43. The van der Waals surface area contributed by atoms with Crippen LogP contribution in [0.3, 0.4) is 0 Å². The summed E-state index contributed by atoms with van der Waals surface area (Å²) < 4.78 is 53.7. The van der Waals surface area contributed by atoms with E-state index in [0.717, 1.165) is 11.5 Å². The number of para-hydroxylation sites is 1. The Morgan fingerprint density at radius 2 is 1.67 bits per heavy atom. The predicted octanol–water partition coefficient (Wildman–Crippen LogP) is 5.56. The molecule has 3 N–H and O–H groups in total. The minimum Gasteiger partial charge on any atom is -0.329 e. The second kappa shape index (κ2) is 9.73. The van der Waals surface area contributed by atoms with E-state index in [1.54, 1.807) is 58.1 Å². The van der Waals surface area contributed by atoms with Crippen LogP contribution in [0, 0.1) is 11.6 Å². The molecule has 0 unspecified atom stereocenters. The zero-order valence-corrected chi connectivity index (χ0v) is 21.1. The molecule has 39 heavy (non-hydrogen) atoms. The predicted molar refractivity (Wildman–Crippen MR) is 143 cm³/mol. The lowest BCUT2D eigenvalue weighted by Crippen LogP contribution is -2.38. The molecule has 3 heterocycles. The average Bonchev–Trinajstić information content (AvgIpc) is 3.35. The van der Waals surface area contributed by atoms with Gasteiger partial charge in [0.15, 0.2) is 11.6 Å². The Balaban J connectivity index is 1.17. The van der Waals surface area contributed by atoms with Gasteiger partial charge in [-0.25, -0.2) is 8.78 Å². The van der Waals surface area contributed by atoms with Crippen molar-refractivity contribution in [2.24, 2.45) is 0 Å². The zero-order chi connectivity index (χ0) is 27.1. The first kappa shape index (κ1) is 24.9. The average molecular weight is 549 g/mol. The van der Waals surface area contributed by atoms with Gasteiger partial charge in [-0.1, -0.05) is 29.0 Å². The van der Waals surface area contributed by atoms with E-state index in [9.17, 15) is 22.7 Å². The maximum atomic E-state index is 13.7. The molecule has 0 bridgehead atoms. The Kier molecular flexibility index (Phi) is 6.22. The molecular weight excluding hydrogens is 526 g/mol. The maximum Gasteiger partial charge on any atom is 0.254 e. The molecular formula is C27H22F2N6O3S. The van der Waals surface area contributed by atoms with Crippen LogP contribution in [-0.2, 0) is 13.1 Å². The molecule has 0 fully saturated rings. The molecule has 1 amide bonds. The summed E-state index contributed by atoms with van der Waals surface area (Å²) in [5.41, 5.74) is 1.59. The summed E-state index contributed by atoms with van der Waals surface area (Å²) in [5.74, 6) is -0.804. The number of carbonyl (C=O) groups is 1. The van der Waals surface area contributed by atoms with E-state index >= 15 is 0 Å². The summed E-state index contributed by atoms with van der Waals surface area (Å²) in [4.78, 5) is 19.4. The summed E-state index contributed by atoms with van der Waals surface area (Å²) >= 11 is 0. The topological polar surface area (TPSA) is 116 Å². The van der Waals surface area contributed by atoms with Crippen LogP contribution in [0.1, 0.15) is 16.2 Å². The van der Waals surface area contributed by atoms with Crippen molar-refractivity contribution >= 4 is 33.3 Å². The number of halogens is 2. The van der Waals surface area contributed by atoms with Crippen molar-refractivity contribution in [3.63, 3.8) is 0 Å². The van der Waals surface area contributed by atoms with E-state index in [4.69, 9.17) is 0 Å². The van der Waals surface area contributed by atoms with Gasteiger partial charge in [0.1, 0.15) is 16.5 Å². The lowest BCUT2D eigenvalue weighted by Gasteiger charge is -2.34. The van der Waals surface area contributed by atoms with Crippen LogP contribution in [0.5, 0.6) is 0 Å². The highest BCUT2D eigenvalue weighted by molar-refractivity contribution is 8.25. The van der Waals surface area contributed by atoms with Gasteiger partial charge in [0.2, 0.25) is 0 Å². The molecule has 0 atom stereocenters. The number of hydrogen-bond donors (Lipinski definition) is 3. The van der Waals surface area contributed by atoms with Crippen molar-refractivity contribution < 1.29 is 22.7 Å². The molecule has 1 aliphatic rings. The highest BCUT2D eigenvalue weighted by Crippen LogP contribution is 2.50. The number of carbonyl (C=O) groups excluding carboxylic acids is 1. The lowest BCUT2D eigenvalue weighted by molar-refractivity contribution is 0.0708. The van der Waals surface area contributed by atoms with Crippen molar-refractivity contribution in [3.8, 4) is 11.4 Å². The Labute approximate surface area is 223 Å². The monoisotopic (exact) mass is 548 g/mol. The van der Waals surface area contributed by atoms with Crippen LogP contribution in [0.2, 0.25) is 0 Å². The van der Waals surface area contributed by atoms with E-state index < -0.39 is 22.4 Å². The first-order valence-corrected chi connectivity index (χ1v) is 13.5. The minimum absolute atomic E-state index is 0.179. The number of benzene rings is 3. The van der Waals surface area contributed by atoms with Gasteiger partial charge in [-0.15, -0.1) is 10.2 Å². The number of pyridine rings is 1. The van der Waals surface area contributed by atoms with Gasteiger partial charge in [0.05, 0.1) is 17.7 Å². The molecule has 6 rings (SSSR count). The smallest absolute Gasteiger partial charge is 0.254 e. The van der Waals surface area contributed by atoms with Gasteiger partial charge < -0.3 is 9.47 Å². The number of rotatable bonds is 5. The normalized spacial score (nSPS) is 13.8. The molecule has 0 spiro atoms. The standard InChI is InChI=1S/C27H22F2N6O3S/c28-20-13-19(14-21(29)15-20)26-32-31-24-16-34(11-12-35(24)26)27(36)18-6-8-22(9-7-18)33-39(37,38)23-5-1-3-17-4-2-10-30-25(17)23/h1-10,13-15,33,37-38H,11-12,16H2. The van der Waals surface area contributed by atoms with Gasteiger partial charge in [-0.3, -0.25) is 23.6 Å². The largest absolute Gasteiger partial charge is 0.329 e. The summed E-state index contributed by atoms with van der Waals surface area (Å²) in [5, 5.41) is 9.00. The Bertz CT molecular complexity index is 1680. The highest BCUT2D eigenvalue weighted by atomic mass is 32.3. The number of amides is 1. The van der Waals surface area contributed by atoms with Gasteiger partial charge in [0, 0.05) is 41.9 Å². The van der Waals surface area contributed by atoms with E-state index in [1.165, 1.54) is 12.1 Å². The fourth-order valence-corrected chi connectivity index (χ4v) is 5.90. The fourth-order valence-electron chi connectivity index (χ4n) is 4.62. The quantitative estimate of drug-likeness (QED) is 0.263. The van der Waals surface area contributed by atoms with E-state index in [2.05, 4.69) is 19.9 Å². The fraction of sp³-hybridized carbons (Fsp3) is 0.111. The molecule has 12 heteroatoms. The van der Waals surface area contributed by atoms with Crippen molar-refractivity contribution in [1.82, 2.24) is 24.6 Å². The molecule has 0 saturated heterocycles. The molecule has 3 aromatic carbocycles. The van der Waals surface area contributed by atoms with Crippen molar-refractivity contribution in [2.45, 2.75) is 18.0 Å². The van der Waals surface area contributed by atoms with Crippen LogP contribution >= 0.6 is 10.8 Å². The van der Waals surface area contributed by atoms with Crippen LogP contribution in [0.4, 0.5) is 14.5 Å². The third-order valence-electron chi connectivity index (χ3n) is 6.46. The number of fused-ring (bicyclic) bond motifs is 2. The Hall–Kier alpha value is -4.39. The number of anilines is 1. The van der Waals surface area contributed by atoms with E-state index in [1.807, 2.05) is 12.1 Å². The number of nitrogens with zero attached hydrogens (tertiary/aromatic N) is 5. The third-order valence-corrected chi connectivity index (χ3v) is 7.92. The Morgan fingerprint density at radius 1 is 0.923 bits per heavy atom. The first-order chi connectivity index (χ1) is 18.8. The first-order valence-electron chi connectivity index (χ1n) is 12.0. The van der Waals surface area contributed by atoms with Gasteiger partial charge in [0.25, 0.3) is 5.91 Å². The zero-order valence-electron chi connectivity index (χ0n) is 20.3. The van der Waals surface area contributed by atoms with Crippen LogP contribution in [0.15, 0.2) is 83.9 Å². The molecule has 0 aliphatic carbocycles.